The molecule has 1 fully saturated rings. The van der Waals surface area contributed by atoms with E-state index in [0.29, 0.717) is 6.61 Å². The van der Waals surface area contributed by atoms with Crippen LogP contribution < -0.4 is 0 Å². The van der Waals surface area contributed by atoms with Crippen LogP contribution >= 0.6 is 34.8 Å². The highest BCUT2D eigenvalue weighted by atomic mass is 35.6. The molecular formula is C31H32Cl3NO7. The van der Waals surface area contributed by atoms with Crippen molar-refractivity contribution in [2.24, 2.45) is 0 Å². The predicted octanol–water partition coefficient (Wildman–Crippen LogP) is 6.39. The van der Waals surface area contributed by atoms with Crippen molar-refractivity contribution in [2.75, 3.05) is 6.61 Å². The molecule has 0 spiro atoms. The van der Waals surface area contributed by atoms with Gasteiger partial charge >= 0.3 is 5.97 Å². The standard InChI is InChI=1S/C31H32Cl3NO7/c1-21(36)40-28-27(39-19-24-15-9-4-10-16-24)26(38-18-23-13-7-3-8-14-23)25(20-37-17-22-11-5-2-6-12-22)41-29(28)42-30(35)31(32,33)34/h2-16,25-29,35H,17-20H2,1H3/t25-,26-,27+,28-,29?/m1/s1. The molecule has 1 unspecified atom stereocenters. The smallest absolute Gasteiger partial charge is 0.303 e. The van der Waals surface area contributed by atoms with Crippen LogP contribution in [0.2, 0.25) is 0 Å². The highest BCUT2D eigenvalue weighted by molar-refractivity contribution is 6.76. The number of carbonyl (C=O) groups is 1. The van der Waals surface area contributed by atoms with Gasteiger partial charge in [-0.25, -0.2) is 0 Å². The fraction of sp³-hybridized carbons (Fsp3) is 0.355. The van der Waals surface area contributed by atoms with Crippen molar-refractivity contribution in [1.29, 1.82) is 5.41 Å². The molecule has 0 bridgehead atoms. The van der Waals surface area contributed by atoms with E-state index in [9.17, 15) is 4.79 Å². The van der Waals surface area contributed by atoms with E-state index >= 15 is 0 Å². The molecule has 5 atom stereocenters. The molecule has 0 aromatic heterocycles. The highest BCUT2D eigenvalue weighted by Crippen LogP contribution is 2.34. The molecule has 11 heteroatoms. The van der Waals surface area contributed by atoms with Crippen molar-refractivity contribution in [3.63, 3.8) is 0 Å². The maximum absolute atomic E-state index is 12.3. The van der Waals surface area contributed by atoms with E-state index in [1.807, 2.05) is 91.0 Å². The van der Waals surface area contributed by atoms with Gasteiger partial charge < -0.3 is 28.4 Å². The Labute approximate surface area is 260 Å². The molecule has 1 heterocycles. The van der Waals surface area contributed by atoms with Gasteiger partial charge in [-0.3, -0.25) is 10.2 Å². The summed E-state index contributed by atoms with van der Waals surface area (Å²) in [6, 6.07) is 28.8. The first-order chi connectivity index (χ1) is 20.2. The van der Waals surface area contributed by atoms with Crippen LogP contribution in [-0.4, -0.2) is 53.0 Å². The van der Waals surface area contributed by atoms with Gasteiger partial charge in [-0.05, 0) is 16.7 Å². The third-order valence-electron chi connectivity index (χ3n) is 6.35. The molecule has 42 heavy (non-hydrogen) atoms. The zero-order valence-corrected chi connectivity index (χ0v) is 25.1. The average Bonchev–Trinajstić information content (AvgIpc) is 2.97. The average molecular weight is 637 g/mol. The summed E-state index contributed by atoms with van der Waals surface area (Å²) in [5, 5.41) is 8.17. The molecule has 8 nitrogen and oxygen atoms in total. The van der Waals surface area contributed by atoms with E-state index in [2.05, 4.69) is 0 Å². The second-order valence-electron chi connectivity index (χ2n) is 9.58. The normalized spacial score (nSPS) is 22.3. The molecule has 3 aromatic rings. The van der Waals surface area contributed by atoms with Crippen LogP contribution in [0.5, 0.6) is 0 Å². The third-order valence-corrected chi connectivity index (χ3v) is 6.86. The number of alkyl halides is 3. The summed E-state index contributed by atoms with van der Waals surface area (Å²) in [7, 11) is 0. The van der Waals surface area contributed by atoms with Crippen LogP contribution in [-0.2, 0) is 53.0 Å². The van der Waals surface area contributed by atoms with Crippen molar-refractivity contribution in [3.05, 3.63) is 108 Å². The summed E-state index contributed by atoms with van der Waals surface area (Å²) in [5.41, 5.74) is 2.77. The molecule has 224 valence electrons. The van der Waals surface area contributed by atoms with Crippen molar-refractivity contribution < 1.29 is 33.2 Å². The quantitative estimate of drug-likeness (QED) is 0.106. The molecule has 4 rings (SSSR count). The van der Waals surface area contributed by atoms with Crippen LogP contribution in [0.1, 0.15) is 23.6 Å². The number of hydrogen-bond acceptors (Lipinski definition) is 8. The van der Waals surface area contributed by atoms with Gasteiger partial charge in [0.05, 0.1) is 26.4 Å². The predicted molar refractivity (Wildman–Crippen MR) is 159 cm³/mol. The van der Waals surface area contributed by atoms with E-state index in [0.717, 1.165) is 16.7 Å². The van der Waals surface area contributed by atoms with E-state index in [1.54, 1.807) is 0 Å². The number of carbonyl (C=O) groups excluding carboxylic acids is 1. The Morgan fingerprint density at radius 1 is 0.738 bits per heavy atom. The van der Waals surface area contributed by atoms with Gasteiger partial charge in [0.2, 0.25) is 12.2 Å². The highest BCUT2D eigenvalue weighted by Gasteiger charge is 2.52. The summed E-state index contributed by atoms with van der Waals surface area (Å²) in [6.45, 7) is 2.01. The topological polar surface area (TPSA) is 96.3 Å². The van der Waals surface area contributed by atoms with Crippen molar-refractivity contribution in [3.8, 4) is 0 Å². The Morgan fingerprint density at radius 3 is 1.69 bits per heavy atom. The van der Waals surface area contributed by atoms with Gasteiger partial charge in [0.15, 0.2) is 6.10 Å². The van der Waals surface area contributed by atoms with E-state index in [4.69, 9.17) is 68.6 Å². The summed E-state index contributed by atoms with van der Waals surface area (Å²) >= 11 is 17.7. The Morgan fingerprint density at radius 2 is 1.21 bits per heavy atom. The van der Waals surface area contributed by atoms with Gasteiger partial charge in [-0.1, -0.05) is 126 Å². The van der Waals surface area contributed by atoms with Gasteiger partial charge in [0.1, 0.15) is 18.3 Å². The second-order valence-corrected chi connectivity index (χ2v) is 11.9. The lowest BCUT2D eigenvalue weighted by molar-refractivity contribution is -0.305. The maximum Gasteiger partial charge on any atom is 0.303 e. The van der Waals surface area contributed by atoms with Gasteiger partial charge in [0.25, 0.3) is 3.79 Å². The van der Waals surface area contributed by atoms with E-state index in [-0.39, 0.29) is 19.8 Å². The molecule has 1 aliphatic heterocycles. The van der Waals surface area contributed by atoms with Gasteiger partial charge in [-0.2, -0.15) is 0 Å². The maximum atomic E-state index is 12.3. The molecule has 0 radical (unpaired) electrons. The number of halogens is 3. The minimum absolute atomic E-state index is 0.0628. The number of benzene rings is 3. The van der Waals surface area contributed by atoms with E-state index < -0.39 is 46.4 Å². The Hall–Kier alpha value is -2.69. The molecule has 1 saturated heterocycles. The lowest BCUT2D eigenvalue weighted by Crippen LogP contribution is -2.62. The number of ether oxygens (including phenoxy) is 6. The first-order valence-electron chi connectivity index (χ1n) is 13.3. The zero-order chi connectivity index (χ0) is 30.0. The third kappa shape index (κ3) is 9.67. The van der Waals surface area contributed by atoms with Crippen LogP contribution in [0.4, 0.5) is 0 Å². The van der Waals surface area contributed by atoms with Crippen molar-refractivity contribution in [2.45, 2.75) is 61.2 Å². The second kappa shape index (κ2) is 15.7. The Balaban J connectivity index is 1.64. The first kappa shape index (κ1) is 32.2. The monoisotopic (exact) mass is 635 g/mol. The zero-order valence-electron chi connectivity index (χ0n) is 22.9. The van der Waals surface area contributed by atoms with Crippen LogP contribution in [0.25, 0.3) is 0 Å². The number of esters is 1. The number of hydrogen-bond donors (Lipinski definition) is 1. The Bertz CT molecular complexity index is 1260. The molecule has 1 aliphatic rings. The fourth-order valence-corrected chi connectivity index (χ4v) is 4.53. The first-order valence-corrected chi connectivity index (χ1v) is 14.4. The molecule has 3 aromatic carbocycles. The SMILES string of the molecule is CC(=O)O[C@H]1C(OC(=N)C(Cl)(Cl)Cl)O[C@H](COCc2ccccc2)[C@@H](OCc2ccccc2)[C@@H]1OCc1ccccc1. The van der Waals surface area contributed by atoms with Gasteiger partial charge in [0, 0.05) is 6.92 Å². The van der Waals surface area contributed by atoms with E-state index in [1.165, 1.54) is 6.92 Å². The minimum atomic E-state index is -2.18. The summed E-state index contributed by atoms with van der Waals surface area (Å²) in [6.07, 6.45) is -5.01. The summed E-state index contributed by atoms with van der Waals surface area (Å²) in [4.78, 5) is 12.3. The van der Waals surface area contributed by atoms with Crippen LogP contribution in [0.3, 0.4) is 0 Å². The van der Waals surface area contributed by atoms with Crippen LogP contribution in [0, 0.1) is 5.41 Å². The number of nitrogens with one attached hydrogen (secondary N) is 1. The Kier molecular flexibility index (Phi) is 12.0. The molecule has 0 amide bonds. The lowest BCUT2D eigenvalue weighted by Gasteiger charge is -2.45. The summed E-state index contributed by atoms with van der Waals surface area (Å²) < 4.78 is 34.2. The minimum Gasteiger partial charge on any atom is -0.453 e. The largest absolute Gasteiger partial charge is 0.453 e. The fourth-order valence-electron chi connectivity index (χ4n) is 4.40. The van der Waals surface area contributed by atoms with Gasteiger partial charge in [-0.15, -0.1) is 0 Å². The molecule has 0 saturated carbocycles. The van der Waals surface area contributed by atoms with Crippen molar-refractivity contribution >= 4 is 46.7 Å². The molecule has 0 aliphatic carbocycles. The lowest BCUT2D eigenvalue weighted by atomic mass is 9.98. The molecule has 1 N–H and O–H groups in total. The molecular weight excluding hydrogens is 605 g/mol. The summed E-state index contributed by atoms with van der Waals surface area (Å²) in [5.74, 6) is -1.32. The number of rotatable bonds is 12. The van der Waals surface area contributed by atoms with Crippen LogP contribution in [0.15, 0.2) is 91.0 Å². The van der Waals surface area contributed by atoms with Crippen molar-refractivity contribution in [1.82, 2.24) is 0 Å².